The van der Waals surface area contributed by atoms with Crippen LogP contribution in [0.5, 0.6) is 0 Å². The lowest BCUT2D eigenvalue weighted by Crippen LogP contribution is -2.28. The summed E-state index contributed by atoms with van der Waals surface area (Å²) in [5, 5.41) is 0.000463. The summed E-state index contributed by atoms with van der Waals surface area (Å²) in [6, 6.07) is 4.39. The standard InChI is InChI=1S/C17H24ClN/c1-6-8-19(9-7-2)12-16(18)17-14(4)10-13(3)11-15(17)5/h6-7,10-11,16H,1-2,8-9,12H2,3-5H3. The highest BCUT2D eigenvalue weighted by atomic mass is 35.5. The van der Waals surface area contributed by atoms with Crippen molar-refractivity contribution >= 4 is 11.6 Å². The second-order valence-electron chi connectivity index (χ2n) is 5.08. The molecule has 1 atom stereocenters. The molecule has 0 bridgehead atoms. The van der Waals surface area contributed by atoms with E-state index in [-0.39, 0.29) is 5.38 Å². The summed E-state index contributed by atoms with van der Waals surface area (Å²) in [5.74, 6) is 0. The highest BCUT2D eigenvalue weighted by molar-refractivity contribution is 6.21. The molecule has 1 aromatic carbocycles. The van der Waals surface area contributed by atoms with Crippen LogP contribution in [-0.2, 0) is 0 Å². The maximum absolute atomic E-state index is 6.63. The monoisotopic (exact) mass is 277 g/mol. The first kappa shape index (κ1) is 16.0. The number of hydrogen-bond donors (Lipinski definition) is 0. The first-order chi connectivity index (χ1) is 8.99. The van der Waals surface area contributed by atoms with Gasteiger partial charge in [-0.05, 0) is 37.5 Å². The first-order valence-corrected chi connectivity index (χ1v) is 7.09. The minimum atomic E-state index is 0.000463. The molecular weight excluding hydrogens is 254 g/mol. The molecule has 0 aromatic heterocycles. The normalized spacial score (nSPS) is 12.5. The SMILES string of the molecule is C=CCN(CC=C)CC(Cl)c1c(C)cc(C)cc1C. The molecule has 0 spiro atoms. The zero-order valence-corrected chi connectivity index (χ0v) is 13.0. The Balaban J connectivity index is 2.90. The molecule has 0 aliphatic rings. The van der Waals surface area contributed by atoms with E-state index in [1.54, 1.807) is 0 Å². The molecule has 0 N–H and O–H groups in total. The van der Waals surface area contributed by atoms with Crippen molar-refractivity contribution in [1.29, 1.82) is 0 Å². The van der Waals surface area contributed by atoms with E-state index in [0.29, 0.717) is 0 Å². The zero-order chi connectivity index (χ0) is 14.4. The molecule has 104 valence electrons. The second-order valence-corrected chi connectivity index (χ2v) is 5.60. The summed E-state index contributed by atoms with van der Waals surface area (Å²) in [4.78, 5) is 2.25. The van der Waals surface area contributed by atoms with Gasteiger partial charge in [0.1, 0.15) is 0 Å². The number of benzene rings is 1. The molecule has 0 saturated carbocycles. The van der Waals surface area contributed by atoms with Crippen molar-refractivity contribution in [2.24, 2.45) is 0 Å². The van der Waals surface area contributed by atoms with Crippen LogP contribution in [0.4, 0.5) is 0 Å². The summed E-state index contributed by atoms with van der Waals surface area (Å²) >= 11 is 6.63. The molecule has 0 heterocycles. The Bertz CT molecular complexity index is 418. The van der Waals surface area contributed by atoms with Gasteiger partial charge in [-0.1, -0.05) is 29.8 Å². The molecule has 19 heavy (non-hydrogen) atoms. The Morgan fingerprint density at radius 2 is 1.58 bits per heavy atom. The number of alkyl halides is 1. The van der Waals surface area contributed by atoms with Gasteiger partial charge in [-0.15, -0.1) is 24.8 Å². The zero-order valence-electron chi connectivity index (χ0n) is 12.2. The smallest absolute Gasteiger partial charge is 0.0717 e. The number of nitrogens with zero attached hydrogens (tertiary/aromatic N) is 1. The summed E-state index contributed by atoms with van der Waals surface area (Å²) in [5.41, 5.74) is 5.09. The van der Waals surface area contributed by atoms with Crippen LogP contribution >= 0.6 is 11.6 Å². The van der Waals surface area contributed by atoms with E-state index in [2.05, 4.69) is 51.0 Å². The van der Waals surface area contributed by atoms with Gasteiger partial charge in [-0.25, -0.2) is 0 Å². The average Bonchev–Trinajstić information content (AvgIpc) is 2.27. The van der Waals surface area contributed by atoms with E-state index in [1.165, 1.54) is 22.3 Å². The molecule has 1 rings (SSSR count). The highest BCUT2D eigenvalue weighted by Crippen LogP contribution is 2.29. The van der Waals surface area contributed by atoms with Gasteiger partial charge in [0, 0.05) is 19.6 Å². The fourth-order valence-corrected chi connectivity index (χ4v) is 3.13. The van der Waals surface area contributed by atoms with Crippen LogP contribution in [0.15, 0.2) is 37.4 Å². The topological polar surface area (TPSA) is 3.24 Å². The van der Waals surface area contributed by atoms with Gasteiger partial charge in [0.25, 0.3) is 0 Å². The molecule has 1 aromatic rings. The molecule has 1 nitrogen and oxygen atoms in total. The first-order valence-electron chi connectivity index (χ1n) is 6.65. The van der Waals surface area contributed by atoms with Gasteiger partial charge in [-0.3, -0.25) is 4.90 Å². The van der Waals surface area contributed by atoms with Crippen molar-refractivity contribution in [3.63, 3.8) is 0 Å². The van der Waals surface area contributed by atoms with Crippen LogP contribution in [0.3, 0.4) is 0 Å². The fourth-order valence-electron chi connectivity index (χ4n) is 2.59. The molecule has 0 aliphatic carbocycles. The molecule has 1 unspecified atom stereocenters. The number of aryl methyl sites for hydroxylation is 3. The Kier molecular flexibility index (Phi) is 6.33. The van der Waals surface area contributed by atoms with Gasteiger partial charge < -0.3 is 0 Å². The Morgan fingerprint density at radius 3 is 2.00 bits per heavy atom. The third-order valence-corrected chi connectivity index (χ3v) is 3.60. The van der Waals surface area contributed by atoms with Crippen molar-refractivity contribution < 1.29 is 0 Å². The minimum Gasteiger partial charge on any atom is -0.294 e. The number of halogens is 1. The van der Waals surface area contributed by atoms with Gasteiger partial charge in [0.2, 0.25) is 0 Å². The predicted octanol–water partition coefficient (Wildman–Crippen LogP) is 4.57. The van der Waals surface area contributed by atoms with Crippen LogP contribution in [0, 0.1) is 20.8 Å². The third kappa shape index (κ3) is 4.52. The van der Waals surface area contributed by atoms with Gasteiger partial charge >= 0.3 is 0 Å². The summed E-state index contributed by atoms with van der Waals surface area (Å²) in [6.07, 6.45) is 3.81. The predicted molar refractivity (Wildman–Crippen MR) is 86.1 cm³/mol. The summed E-state index contributed by atoms with van der Waals surface area (Å²) < 4.78 is 0. The van der Waals surface area contributed by atoms with E-state index >= 15 is 0 Å². The largest absolute Gasteiger partial charge is 0.294 e. The molecule has 0 fully saturated rings. The fraction of sp³-hybridized carbons (Fsp3) is 0.412. The van der Waals surface area contributed by atoms with E-state index < -0.39 is 0 Å². The number of hydrogen-bond acceptors (Lipinski definition) is 1. The van der Waals surface area contributed by atoms with E-state index in [0.717, 1.165) is 19.6 Å². The number of rotatable bonds is 7. The summed E-state index contributed by atoms with van der Waals surface area (Å²) in [7, 11) is 0. The highest BCUT2D eigenvalue weighted by Gasteiger charge is 2.16. The second kappa shape index (κ2) is 7.52. The van der Waals surface area contributed by atoms with Crippen molar-refractivity contribution in [3.8, 4) is 0 Å². The quantitative estimate of drug-likeness (QED) is 0.521. The minimum absolute atomic E-state index is 0.000463. The van der Waals surface area contributed by atoms with Gasteiger partial charge in [-0.2, -0.15) is 0 Å². The summed E-state index contributed by atoms with van der Waals surface area (Å²) in [6.45, 7) is 16.4. The molecule has 0 aliphatic heterocycles. The van der Waals surface area contributed by atoms with Crippen LogP contribution in [0.2, 0.25) is 0 Å². The molecule has 0 saturated heterocycles. The maximum atomic E-state index is 6.63. The Morgan fingerprint density at radius 1 is 1.11 bits per heavy atom. The van der Waals surface area contributed by atoms with Crippen LogP contribution in [0.1, 0.15) is 27.6 Å². The lowest BCUT2D eigenvalue weighted by molar-refractivity contribution is 0.335. The van der Waals surface area contributed by atoms with Crippen molar-refractivity contribution in [1.82, 2.24) is 4.90 Å². The van der Waals surface area contributed by atoms with Crippen molar-refractivity contribution in [2.75, 3.05) is 19.6 Å². The lowest BCUT2D eigenvalue weighted by atomic mass is 9.97. The van der Waals surface area contributed by atoms with Crippen LogP contribution in [0.25, 0.3) is 0 Å². The van der Waals surface area contributed by atoms with Crippen LogP contribution < -0.4 is 0 Å². The van der Waals surface area contributed by atoms with Crippen molar-refractivity contribution in [2.45, 2.75) is 26.1 Å². The maximum Gasteiger partial charge on any atom is 0.0717 e. The molecule has 0 radical (unpaired) electrons. The van der Waals surface area contributed by atoms with Crippen molar-refractivity contribution in [3.05, 3.63) is 59.7 Å². The van der Waals surface area contributed by atoms with E-state index in [9.17, 15) is 0 Å². The third-order valence-electron chi connectivity index (χ3n) is 3.24. The average molecular weight is 278 g/mol. The molecule has 0 amide bonds. The Hall–Kier alpha value is -1.05. The van der Waals surface area contributed by atoms with Gasteiger partial charge in [0.05, 0.1) is 5.38 Å². The Labute approximate surface area is 122 Å². The van der Waals surface area contributed by atoms with Gasteiger partial charge in [0.15, 0.2) is 0 Å². The van der Waals surface area contributed by atoms with E-state index in [1.807, 2.05) is 12.2 Å². The van der Waals surface area contributed by atoms with E-state index in [4.69, 9.17) is 11.6 Å². The lowest BCUT2D eigenvalue weighted by Gasteiger charge is -2.24. The van der Waals surface area contributed by atoms with Crippen LogP contribution in [-0.4, -0.2) is 24.5 Å². The molecule has 2 heteroatoms. The molecular formula is C17H24ClN.